The molecule has 1 aromatic rings. The second-order valence-corrected chi connectivity index (χ2v) is 4.21. The number of hydrogen-bond donors (Lipinski definition) is 1. The van der Waals surface area contributed by atoms with E-state index < -0.39 is 0 Å². The lowest BCUT2D eigenvalue weighted by molar-refractivity contribution is -0.137. The maximum absolute atomic E-state index is 11.4. The Balaban J connectivity index is 2.14. The standard InChI is InChI=1S/C12H15NO3/c1-7(2)12(14)15-9-4-3-8-5-11(13)16-10(8)6-9/h3-4,6-7,11H,5,13H2,1-2H3. The summed E-state index contributed by atoms with van der Waals surface area (Å²) in [5.74, 6) is 0.826. The molecule has 0 spiro atoms. The fourth-order valence-electron chi connectivity index (χ4n) is 1.53. The van der Waals surface area contributed by atoms with Crippen molar-refractivity contribution in [1.29, 1.82) is 0 Å². The summed E-state index contributed by atoms with van der Waals surface area (Å²) in [6.07, 6.45) is 0.416. The van der Waals surface area contributed by atoms with Crippen molar-refractivity contribution < 1.29 is 14.3 Å². The molecule has 0 saturated carbocycles. The van der Waals surface area contributed by atoms with Gasteiger partial charge in [0, 0.05) is 12.5 Å². The second kappa shape index (κ2) is 4.14. The van der Waals surface area contributed by atoms with Gasteiger partial charge in [-0.1, -0.05) is 19.9 Å². The molecule has 0 aromatic heterocycles. The topological polar surface area (TPSA) is 61.5 Å². The second-order valence-electron chi connectivity index (χ2n) is 4.21. The molecule has 0 saturated heterocycles. The summed E-state index contributed by atoms with van der Waals surface area (Å²) >= 11 is 0. The van der Waals surface area contributed by atoms with Crippen LogP contribution in [-0.2, 0) is 11.2 Å². The Labute approximate surface area is 94.3 Å². The summed E-state index contributed by atoms with van der Waals surface area (Å²) < 4.78 is 10.6. The Morgan fingerprint density at radius 1 is 1.56 bits per heavy atom. The Kier molecular flexibility index (Phi) is 2.83. The van der Waals surface area contributed by atoms with Gasteiger partial charge >= 0.3 is 5.97 Å². The number of carbonyl (C=O) groups excluding carboxylic acids is 1. The molecule has 4 heteroatoms. The zero-order valence-electron chi connectivity index (χ0n) is 9.40. The highest BCUT2D eigenvalue weighted by Gasteiger charge is 2.20. The van der Waals surface area contributed by atoms with E-state index in [0.29, 0.717) is 17.9 Å². The molecule has 0 fully saturated rings. The van der Waals surface area contributed by atoms with E-state index in [1.807, 2.05) is 6.07 Å². The molecule has 16 heavy (non-hydrogen) atoms. The summed E-state index contributed by atoms with van der Waals surface area (Å²) in [6.45, 7) is 3.59. The number of fused-ring (bicyclic) bond motifs is 1. The molecule has 1 aromatic carbocycles. The van der Waals surface area contributed by atoms with Gasteiger partial charge in [-0.3, -0.25) is 10.5 Å². The van der Waals surface area contributed by atoms with Crippen LogP contribution in [0, 0.1) is 5.92 Å². The number of carbonyl (C=O) groups is 1. The van der Waals surface area contributed by atoms with Crippen LogP contribution < -0.4 is 15.2 Å². The minimum atomic E-state index is -0.286. The third-order valence-corrected chi connectivity index (χ3v) is 2.43. The summed E-state index contributed by atoms with van der Waals surface area (Å²) in [7, 11) is 0. The molecule has 2 rings (SSSR count). The summed E-state index contributed by atoms with van der Waals surface area (Å²) in [4.78, 5) is 11.4. The molecule has 1 atom stereocenters. The minimum Gasteiger partial charge on any atom is -0.475 e. The molecular formula is C12H15NO3. The van der Waals surface area contributed by atoms with E-state index in [4.69, 9.17) is 15.2 Å². The lowest BCUT2D eigenvalue weighted by Crippen LogP contribution is -2.23. The van der Waals surface area contributed by atoms with Gasteiger partial charge in [-0.2, -0.15) is 0 Å². The fraction of sp³-hybridized carbons (Fsp3) is 0.417. The van der Waals surface area contributed by atoms with Gasteiger partial charge in [0.15, 0.2) is 6.23 Å². The predicted molar refractivity (Wildman–Crippen MR) is 59.2 cm³/mol. The number of hydrogen-bond acceptors (Lipinski definition) is 4. The molecule has 0 radical (unpaired) electrons. The van der Waals surface area contributed by atoms with Crippen molar-refractivity contribution in [3.63, 3.8) is 0 Å². The highest BCUT2D eigenvalue weighted by atomic mass is 16.5. The fourth-order valence-corrected chi connectivity index (χ4v) is 1.53. The average molecular weight is 221 g/mol. The zero-order chi connectivity index (χ0) is 11.7. The first-order valence-corrected chi connectivity index (χ1v) is 5.33. The van der Waals surface area contributed by atoms with Crippen LogP contribution in [0.15, 0.2) is 18.2 Å². The van der Waals surface area contributed by atoms with Gasteiger partial charge in [0.05, 0.1) is 5.92 Å². The van der Waals surface area contributed by atoms with Crippen LogP contribution in [0.2, 0.25) is 0 Å². The monoisotopic (exact) mass is 221 g/mol. The smallest absolute Gasteiger partial charge is 0.313 e. The molecule has 1 unspecified atom stereocenters. The normalized spacial score (nSPS) is 18.1. The van der Waals surface area contributed by atoms with Crippen molar-refractivity contribution >= 4 is 5.97 Å². The SMILES string of the molecule is CC(C)C(=O)Oc1ccc2c(c1)OC(N)C2. The van der Waals surface area contributed by atoms with Crippen LogP contribution in [0.3, 0.4) is 0 Å². The van der Waals surface area contributed by atoms with E-state index in [1.54, 1.807) is 26.0 Å². The van der Waals surface area contributed by atoms with Crippen LogP contribution in [-0.4, -0.2) is 12.2 Å². The van der Waals surface area contributed by atoms with Crippen LogP contribution in [0.1, 0.15) is 19.4 Å². The summed E-state index contributed by atoms with van der Waals surface area (Å²) in [5, 5.41) is 0. The summed E-state index contributed by atoms with van der Waals surface area (Å²) in [6, 6.07) is 5.36. The van der Waals surface area contributed by atoms with Gasteiger partial charge in [0.2, 0.25) is 0 Å². The third-order valence-electron chi connectivity index (χ3n) is 2.43. The molecule has 86 valence electrons. The molecular weight excluding hydrogens is 206 g/mol. The molecule has 2 N–H and O–H groups in total. The lowest BCUT2D eigenvalue weighted by Gasteiger charge is -2.08. The number of ether oxygens (including phenoxy) is 2. The van der Waals surface area contributed by atoms with E-state index in [-0.39, 0.29) is 18.1 Å². The van der Waals surface area contributed by atoms with Gasteiger partial charge in [-0.25, -0.2) is 0 Å². The van der Waals surface area contributed by atoms with E-state index in [9.17, 15) is 4.79 Å². The Morgan fingerprint density at radius 3 is 3.00 bits per heavy atom. The maximum Gasteiger partial charge on any atom is 0.313 e. The third kappa shape index (κ3) is 2.17. The predicted octanol–water partition coefficient (Wildman–Crippen LogP) is 1.47. The average Bonchev–Trinajstić information content (AvgIpc) is 2.57. The van der Waals surface area contributed by atoms with Gasteiger partial charge < -0.3 is 9.47 Å². The van der Waals surface area contributed by atoms with E-state index in [1.165, 1.54) is 0 Å². The van der Waals surface area contributed by atoms with E-state index >= 15 is 0 Å². The molecule has 0 amide bonds. The number of esters is 1. The number of nitrogens with two attached hydrogens (primary N) is 1. The Bertz CT molecular complexity index is 415. The van der Waals surface area contributed by atoms with Crippen molar-refractivity contribution in [3.8, 4) is 11.5 Å². The molecule has 4 nitrogen and oxygen atoms in total. The van der Waals surface area contributed by atoms with Crippen molar-refractivity contribution in [2.24, 2.45) is 11.7 Å². The van der Waals surface area contributed by atoms with Crippen LogP contribution in [0.25, 0.3) is 0 Å². The van der Waals surface area contributed by atoms with Gasteiger partial charge in [-0.15, -0.1) is 0 Å². The largest absolute Gasteiger partial charge is 0.475 e. The Morgan fingerprint density at radius 2 is 2.31 bits per heavy atom. The quantitative estimate of drug-likeness (QED) is 0.606. The van der Waals surface area contributed by atoms with Crippen LogP contribution >= 0.6 is 0 Å². The lowest BCUT2D eigenvalue weighted by atomic mass is 10.1. The first kappa shape index (κ1) is 11.0. The van der Waals surface area contributed by atoms with Crippen LogP contribution in [0.5, 0.6) is 11.5 Å². The molecule has 1 aliphatic heterocycles. The van der Waals surface area contributed by atoms with E-state index in [0.717, 1.165) is 5.56 Å². The molecule has 0 bridgehead atoms. The van der Waals surface area contributed by atoms with Crippen molar-refractivity contribution in [3.05, 3.63) is 23.8 Å². The van der Waals surface area contributed by atoms with Crippen molar-refractivity contribution in [2.75, 3.05) is 0 Å². The van der Waals surface area contributed by atoms with Crippen molar-refractivity contribution in [2.45, 2.75) is 26.5 Å². The zero-order valence-corrected chi connectivity index (χ0v) is 9.40. The molecule has 1 heterocycles. The van der Waals surface area contributed by atoms with Crippen LogP contribution in [0.4, 0.5) is 0 Å². The van der Waals surface area contributed by atoms with Crippen molar-refractivity contribution in [1.82, 2.24) is 0 Å². The minimum absolute atomic E-state index is 0.142. The Hall–Kier alpha value is -1.55. The van der Waals surface area contributed by atoms with Gasteiger partial charge in [0.1, 0.15) is 11.5 Å². The van der Waals surface area contributed by atoms with E-state index in [2.05, 4.69) is 0 Å². The highest BCUT2D eigenvalue weighted by molar-refractivity contribution is 5.74. The summed E-state index contributed by atoms with van der Waals surface area (Å²) in [5.41, 5.74) is 6.71. The highest BCUT2D eigenvalue weighted by Crippen LogP contribution is 2.31. The van der Waals surface area contributed by atoms with Gasteiger partial charge in [-0.05, 0) is 11.6 Å². The maximum atomic E-state index is 11.4. The number of benzene rings is 1. The number of rotatable bonds is 2. The van der Waals surface area contributed by atoms with Gasteiger partial charge in [0.25, 0.3) is 0 Å². The molecule has 0 aliphatic carbocycles. The first-order chi connectivity index (χ1) is 7.56. The first-order valence-electron chi connectivity index (χ1n) is 5.33. The molecule has 1 aliphatic rings.